The maximum atomic E-state index is 11.8. The molecule has 7 heteroatoms. The zero-order valence-electron chi connectivity index (χ0n) is 10.9. The Morgan fingerprint density at radius 2 is 2.20 bits per heavy atom. The molecule has 0 fully saturated rings. The van der Waals surface area contributed by atoms with Gasteiger partial charge >= 0.3 is 6.03 Å². The van der Waals surface area contributed by atoms with Gasteiger partial charge in [-0.05, 0) is 17.7 Å². The third kappa shape index (κ3) is 2.51. The number of nitrogens with one attached hydrogen (secondary N) is 2. The Kier molecular flexibility index (Phi) is 3.16. The van der Waals surface area contributed by atoms with Gasteiger partial charge in [0.25, 0.3) is 0 Å². The molecule has 0 aliphatic carbocycles. The summed E-state index contributed by atoms with van der Waals surface area (Å²) in [4.78, 5) is 11.8. The van der Waals surface area contributed by atoms with Gasteiger partial charge in [0.15, 0.2) is 11.5 Å². The zero-order valence-corrected chi connectivity index (χ0v) is 10.9. The van der Waals surface area contributed by atoms with E-state index in [4.69, 9.17) is 9.47 Å². The zero-order chi connectivity index (χ0) is 13.9. The van der Waals surface area contributed by atoms with E-state index in [1.165, 1.54) is 0 Å². The van der Waals surface area contributed by atoms with E-state index in [1.807, 2.05) is 18.2 Å². The molecule has 1 aromatic heterocycles. The topological polar surface area (TPSA) is 77.4 Å². The summed E-state index contributed by atoms with van der Waals surface area (Å²) in [7, 11) is 1.76. The van der Waals surface area contributed by atoms with Crippen molar-refractivity contribution in [3.05, 3.63) is 36.0 Å². The van der Waals surface area contributed by atoms with Crippen LogP contribution < -0.4 is 20.1 Å². The molecule has 1 aromatic carbocycles. The predicted molar refractivity (Wildman–Crippen MR) is 71.6 cm³/mol. The monoisotopic (exact) mass is 274 g/mol. The van der Waals surface area contributed by atoms with Gasteiger partial charge in [0.05, 0.1) is 6.20 Å². The third-order valence-electron chi connectivity index (χ3n) is 2.95. The minimum absolute atomic E-state index is 0.243. The lowest BCUT2D eigenvalue weighted by Crippen LogP contribution is -2.29. The van der Waals surface area contributed by atoms with Crippen molar-refractivity contribution in [2.45, 2.75) is 6.54 Å². The number of amides is 2. The molecular formula is C13H14N4O3. The fourth-order valence-electron chi connectivity index (χ4n) is 1.89. The maximum Gasteiger partial charge on any atom is 0.320 e. The number of hydrogen-bond acceptors (Lipinski definition) is 4. The highest BCUT2D eigenvalue weighted by atomic mass is 16.7. The van der Waals surface area contributed by atoms with Gasteiger partial charge in [-0.2, -0.15) is 5.10 Å². The molecule has 2 aromatic rings. The molecule has 2 heterocycles. The van der Waals surface area contributed by atoms with Crippen molar-refractivity contribution < 1.29 is 14.3 Å². The summed E-state index contributed by atoms with van der Waals surface area (Å²) >= 11 is 0. The number of carbonyl (C=O) groups is 1. The Bertz CT molecular complexity index is 638. The molecular weight excluding hydrogens is 260 g/mol. The number of rotatable bonds is 3. The average molecular weight is 274 g/mol. The summed E-state index contributed by atoms with van der Waals surface area (Å²) in [6.07, 6.45) is 1.62. The number of aryl methyl sites for hydroxylation is 1. The van der Waals surface area contributed by atoms with E-state index >= 15 is 0 Å². The first-order valence-electron chi connectivity index (χ1n) is 6.14. The van der Waals surface area contributed by atoms with E-state index in [-0.39, 0.29) is 12.8 Å². The molecule has 2 N–H and O–H groups in total. The SMILES string of the molecule is Cn1nccc1NC(=O)NCc1ccc2c(c1)OCO2. The van der Waals surface area contributed by atoms with Crippen LogP contribution in [0.15, 0.2) is 30.5 Å². The van der Waals surface area contributed by atoms with Crippen LogP contribution in [0.4, 0.5) is 10.6 Å². The van der Waals surface area contributed by atoms with Gasteiger partial charge < -0.3 is 14.8 Å². The van der Waals surface area contributed by atoms with Crippen LogP contribution in [0.2, 0.25) is 0 Å². The second-order valence-corrected chi connectivity index (χ2v) is 4.34. The largest absolute Gasteiger partial charge is 0.454 e. The highest BCUT2D eigenvalue weighted by molar-refractivity contribution is 5.88. The first-order valence-corrected chi connectivity index (χ1v) is 6.14. The number of ether oxygens (including phenoxy) is 2. The first kappa shape index (κ1) is 12.3. The molecule has 0 saturated carbocycles. The van der Waals surface area contributed by atoms with Crippen LogP contribution in [-0.2, 0) is 13.6 Å². The van der Waals surface area contributed by atoms with Crippen LogP contribution >= 0.6 is 0 Å². The van der Waals surface area contributed by atoms with Crippen molar-refractivity contribution in [3.63, 3.8) is 0 Å². The van der Waals surface area contributed by atoms with Gasteiger partial charge in [-0.1, -0.05) is 6.07 Å². The van der Waals surface area contributed by atoms with Gasteiger partial charge in [-0.3, -0.25) is 10.00 Å². The Morgan fingerprint density at radius 3 is 3.00 bits per heavy atom. The Balaban J connectivity index is 1.57. The molecule has 2 amide bonds. The maximum absolute atomic E-state index is 11.8. The van der Waals surface area contributed by atoms with E-state index in [9.17, 15) is 4.79 Å². The molecule has 7 nitrogen and oxygen atoms in total. The van der Waals surface area contributed by atoms with Crippen molar-refractivity contribution in [2.24, 2.45) is 7.05 Å². The van der Waals surface area contributed by atoms with Crippen LogP contribution in [0.5, 0.6) is 11.5 Å². The van der Waals surface area contributed by atoms with Gasteiger partial charge in [0, 0.05) is 19.7 Å². The molecule has 1 aliphatic rings. The fraction of sp³-hybridized carbons (Fsp3) is 0.231. The Hall–Kier alpha value is -2.70. The molecule has 0 bridgehead atoms. The van der Waals surface area contributed by atoms with E-state index in [2.05, 4.69) is 15.7 Å². The highest BCUT2D eigenvalue weighted by Gasteiger charge is 2.13. The third-order valence-corrected chi connectivity index (χ3v) is 2.95. The summed E-state index contributed by atoms with van der Waals surface area (Å²) in [5, 5.41) is 9.45. The predicted octanol–water partition coefficient (Wildman–Crippen LogP) is 1.47. The van der Waals surface area contributed by atoms with Crippen LogP contribution in [0.3, 0.4) is 0 Å². The number of urea groups is 1. The number of nitrogens with zero attached hydrogens (tertiary/aromatic N) is 2. The van der Waals surface area contributed by atoms with E-state index in [0.29, 0.717) is 18.1 Å². The smallest absolute Gasteiger partial charge is 0.320 e. The fourth-order valence-corrected chi connectivity index (χ4v) is 1.89. The summed E-state index contributed by atoms with van der Waals surface area (Å²) in [5.41, 5.74) is 0.939. The van der Waals surface area contributed by atoms with Crippen molar-refractivity contribution in [3.8, 4) is 11.5 Å². The standard InChI is InChI=1S/C13H14N4O3/c1-17-12(4-5-15-17)16-13(18)14-7-9-2-3-10-11(6-9)20-8-19-10/h2-6H,7-8H2,1H3,(H2,14,16,18). The van der Waals surface area contributed by atoms with E-state index in [1.54, 1.807) is 24.0 Å². The van der Waals surface area contributed by atoms with Crippen LogP contribution in [-0.4, -0.2) is 22.6 Å². The molecule has 104 valence electrons. The van der Waals surface area contributed by atoms with Crippen molar-refractivity contribution in [1.82, 2.24) is 15.1 Å². The molecule has 0 spiro atoms. The minimum atomic E-state index is -0.286. The minimum Gasteiger partial charge on any atom is -0.454 e. The number of fused-ring (bicyclic) bond motifs is 1. The Labute approximate surface area is 115 Å². The number of anilines is 1. The Morgan fingerprint density at radius 1 is 1.35 bits per heavy atom. The van der Waals surface area contributed by atoms with Crippen LogP contribution in [0.25, 0.3) is 0 Å². The molecule has 1 aliphatic heterocycles. The van der Waals surface area contributed by atoms with Crippen molar-refractivity contribution in [1.29, 1.82) is 0 Å². The van der Waals surface area contributed by atoms with Gasteiger partial charge in [-0.15, -0.1) is 0 Å². The van der Waals surface area contributed by atoms with Gasteiger partial charge in [0.1, 0.15) is 5.82 Å². The lowest BCUT2D eigenvalue weighted by molar-refractivity contribution is 0.174. The van der Waals surface area contributed by atoms with Gasteiger partial charge in [0.2, 0.25) is 6.79 Å². The summed E-state index contributed by atoms with van der Waals surface area (Å²) in [5.74, 6) is 2.07. The summed E-state index contributed by atoms with van der Waals surface area (Å²) in [6, 6.07) is 7.01. The van der Waals surface area contributed by atoms with Crippen molar-refractivity contribution in [2.75, 3.05) is 12.1 Å². The number of aromatic nitrogens is 2. The van der Waals surface area contributed by atoms with Crippen molar-refractivity contribution >= 4 is 11.8 Å². The molecule has 0 saturated heterocycles. The first-order chi connectivity index (χ1) is 9.72. The second-order valence-electron chi connectivity index (χ2n) is 4.34. The summed E-state index contributed by atoms with van der Waals surface area (Å²) in [6.45, 7) is 0.646. The number of carbonyl (C=O) groups excluding carboxylic acids is 1. The van der Waals surface area contributed by atoms with E-state index in [0.717, 1.165) is 11.3 Å². The quantitative estimate of drug-likeness (QED) is 0.888. The van der Waals surface area contributed by atoms with Crippen LogP contribution in [0, 0.1) is 0 Å². The molecule has 20 heavy (non-hydrogen) atoms. The van der Waals surface area contributed by atoms with Gasteiger partial charge in [-0.25, -0.2) is 4.79 Å². The lowest BCUT2D eigenvalue weighted by Gasteiger charge is -2.08. The highest BCUT2D eigenvalue weighted by Crippen LogP contribution is 2.32. The lowest BCUT2D eigenvalue weighted by atomic mass is 10.2. The second kappa shape index (κ2) is 5.12. The average Bonchev–Trinajstić information content (AvgIpc) is 3.05. The van der Waals surface area contributed by atoms with Crippen LogP contribution in [0.1, 0.15) is 5.56 Å². The molecule has 0 unspecified atom stereocenters. The number of hydrogen-bond donors (Lipinski definition) is 2. The summed E-state index contributed by atoms with van der Waals surface area (Å²) < 4.78 is 12.1. The number of benzene rings is 1. The molecule has 3 rings (SSSR count). The normalized spacial score (nSPS) is 12.2. The molecule has 0 radical (unpaired) electrons. The molecule has 0 atom stereocenters. The van der Waals surface area contributed by atoms with E-state index < -0.39 is 0 Å².